The molecule has 1 heterocycles. The number of amides is 4. The summed E-state index contributed by atoms with van der Waals surface area (Å²) in [6.07, 6.45) is 2.04. The number of urea groups is 1. The molecule has 1 aliphatic heterocycles. The quantitative estimate of drug-likeness (QED) is 0.312. The highest BCUT2D eigenvalue weighted by atomic mass is 16.6. The molecule has 3 rings (SSSR count). The Morgan fingerprint density at radius 1 is 1.16 bits per heavy atom. The molecule has 0 spiro atoms. The summed E-state index contributed by atoms with van der Waals surface area (Å²) in [5.41, 5.74) is -0.225. The summed E-state index contributed by atoms with van der Waals surface area (Å²) in [7, 11) is 1.50. The number of nitrogens with one attached hydrogen (secondary N) is 1. The second-order valence-corrected chi connectivity index (χ2v) is 6.49. The van der Waals surface area contributed by atoms with Crippen LogP contribution in [0.3, 0.4) is 0 Å². The molecule has 0 radical (unpaired) electrons. The van der Waals surface area contributed by atoms with E-state index in [0.29, 0.717) is 28.6 Å². The summed E-state index contributed by atoms with van der Waals surface area (Å²) >= 11 is 0. The molecule has 1 aliphatic rings. The van der Waals surface area contributed by atoms with Gasteiger partial charge in [0.2, 0.25) is 0 Å². The van der Waals surface area contributed by atoms with Crippen LogP contribution in [-0.2, 0) is 9.59 Å². The molecule has 0 aliphatic carbocycles. The molecule has 2 aromatic carbocycles. The van der Waals surface area contributed by atoms with Crippen molar-refractivity contribution in [3.63, 3.8) is 0 Å². The van der Waals surface area contributed by atoms with E-state index >= 15 is 0 Å². The predicted octanol–water partition coefficient (Wildman–Crippen LogP) is 3.06. The van der Waals surface area contributed by atoms with Crippen LogP contribution in [0.5, 0.6) is 11.5 Å². The monoisotopic (exact) mass is 425 g/mol. The lowest BCUT2D eigenvalue weighted by atomic mass is 10.1. The van der Waals surface area contributed by atoms with Crippen LogP contribution in [0.4, 0.5) is 16.2 Å². The number of nitro groups is 1. The smallest absolute Gasteiger partial charge is 0.335 e. The molecule has 2 aromatic rings. The number of benzene rings is 2. The fourth-order valence-corrected chi connectivity index (χ4v) is 2.89. The van der Waals surface area contributed by atoms with Gasteiger partial charge in [-0.1, -0.05) is 13.0 Å². The number of methoxy groups -OCH3 is 1. The number of carbonyl (C=O) groups excluding carboxylic acids is 3. The third kappa shape index (κ3) is 4.53. The first-order chi connectivity index (χ1) is 14.8. The first-order valence-electron chi connectivity index (χ1n) is 9.32. The van der Waals surface area contributed by atoms with Crippen LogP contribution in [0.15, 0.2) is 48.0 Å². The van der Waals surface area contributed by atoms with Gasteiger partial charge in [-0.05, 0) is 30.7 Å². The standard InChI is InChI=1S/C21H19N3O7/c1-3-9-31-18-12-16(30-2)8-7-13(18)10-17-19(25)22-21(27)23(20(17)26)14-5-4-6-15(11-14)24(28)29/h4-8,10-12H,3,9H2,1-2H3,(H,22,25,27)/b17-10+. The first-order valence-corrected chi connectivity index (χ1v) is 9.32. The highest BCUT2D eigenvalue weighted by Crippen LogP contribution is 2.29. The molecule has 10 heteroatoms. The summed E-state index contributed by atoms with van der Waals surface area (Å²) in [6, 6.07) is 8.89. The van der Waals surface area contributed by atoms with Gasteiger partial charge in [0, 0.05) is 23.8 Å². The molecule has 0 bridgehead atoms. The number of anilines is 1. The molecule has 0 atom stereocenters. The van der Waals surface area contributed by atoms with Crippen molar-refractivity contribution in [2.45, 2.75) is 13.3 Å². The lowest BCUT2D eigenvalue weighted by Gasteiger charge is -2.26. The van der Waals surface area contributed by atoms with E-state index in [0.717, 1.165) is 12.5 Å². The Bertz CT molecular complexity index is 1090. The Morgan fingerprint density at radius 2 is 1.94 bits per heavy atom. The van der Waals surface area contributed by atoms with Crippen LogP contribution < -0.4 is 19.7 Å². The summed E-state index contributed by atoms with van der Waals surface area (Å²) in [5, 5.41) is 13.1. The predicted molar refractivity (Wildman–Crippen MR) is 111 cm³/mol. The number of carbonyl (C=O) groups is 3. The van der Waals surface area contributed by atoms with Gasteiger partial charge in [0.15, 0.2) is 0 Å². The third-order valence-corrected chi connectivity index (χ3v) is 4.38. The van der Waals surface area contributed by atoms with E-state index < -0.39 is 22.8 Å². The minimum atomic E-state index is -0.996. The highest BCUT2D eigenvalue weighted by Gasteiger charge is 2.37. The average molecular weight is 425 g/mol. The van der Waals surface area contributed by atoms with Gasteiger partial charge < -0.3 is 9.47 Å². The van der Waals surface area contributed by atoms with Crippen molar-refractivity contribution < 1.29 is 28.8 Å². The van der Waals surface area contributed by atoms with E-state index in [9.17, 15) is 24.5 Å². The minimum absolute atomic E-state index is 0.0349. The maximum absolute atomic E-state index is 13.0. The van der Waals surface area contributed by atoms with Gasteiger partial charge >= 0.3 is 6.03 Å². The van der Waals surface area contributed by atoms with Crippen LogP contribution in [0.1, 0.15) is 18.9 Å². The van der Waals surface area contributed by atoms with Gasteiger partial charge in [0.1, 0.15) is 17.1 Å². The van der Waals surface area contributed by atoms with Crippen molar-refractivity contribution in [3.05, 3.63) is 63.7 Å². The molecule has 31 heavy (non-hydrogen) atoms. The maximum Gasteiger partial charge on any atom is 0.335 e. The number of nitrogens with zero attached hydrogens (tertiary/aromatic N) is 2. The number of hydrogen-bond acceptors (Lipinski definition) is 7. The number of imide groups is 2. The molecular weight excluding hydrogens is 406 g/mol. The van der Waals surface area contributed by atoms with Gasteiger partial charge in [-0.2, -0.15) is 0 Å². The van der Waals surface area contributed by atoms with Crippen LogP contribution in [0.25, 0.3) is 6.08 Å². The van der Waals surface area contributed by atoms with E-state index in [-0.39, 0.29) is 16.9 Å². The molecule has 1 fully saturated rings. The lowest BCUT2D eigenvalue weighted by molar-refractivity contribution is -0.384. The van der Waals surface area contributed by atoms with E-state index in [4.69, 9.17) is 9.47 Å². The van der Waals surface area contributed by atoms with Crippen molar-refractivity contribution in [3.8, 4) is 11.5 Å². The number of ether oxygens (including phenoxy) is 2. The number of rotatable bonds is 7. The fourth-order valence-electron chi connectivity index (χ4n) is 2.89. The van der Waals surface area contributed by atoms with Crippen molar-refractivity contribution in [1.82, 2.24) is 5.32 Å². The largest absolute Gasteiger partial charge is 0.497 e. The molecular formula is C21H19N3O7. The molecule has 0 aromatic heterocycles. The molecule has 1 saturated heterocycles. The molecule has 0 unspecified atom stereocenters. The zero-order chi connectivity index (χ0) is 22.5. The highest BCUT2D eigenvalue weighted by molar-refractivity contribution is 6.39. The number of hydrogen-bond donors (Lipinski definition) is 1. The zero-order valence-corrected chi connectivity index (χ0v) is 16.8. The van der Waals surface area contributed by atoms with Crippen molar-refractivity contribution >= 4 is 35.3 Å². The second kappa shape index (κ2) is 9.08. The molecule has 10 nitrogen and oxygen atoms in total. The summed E-state index contributed by atoms with van der Waals surface area (Å²) in [4.78, 5) is 48.8. The number of nitro benzene ring substituents is 1. The summed E-state index contributed by atoms with van der Waals surface area (Å²) < 4.78 is 10.9. The van der Waals surface area contributed by atoms with E-state index in [1.54, 1.807) is 18.2 Å². The zero-order valence-electron chi connectivity index (χ0n) is 16.8. The lowest BCUT2D eigenvalue weighted by Crippen LogP contribution is -2.54. The Kier molecular flexibility index (Phi) is 6.29. The topological polar surface area (TPSA) is 128 Å². The number of non-ortho nitro benzene ring substituents is 1. The van der Waals surface area contributed by atoms with Crippen molar-refractivity contribution in [1.29, 1.82) is 0 Å². The van der Waals surface area contributed by atoms with Gasteiger partial charge in [-0.15, -0.1) is 0 Å². The van der Waals surface area contributed by atoms with Gasteiger partial charge in [0.25, 0.3) is 17.5 Å². The average Bonchev–Trinajstić information content (AvgIpc) is 2.75. The normalized spacial score (nSPS) is 15.1. The second-order valence-electron chi connectivity index (χ2n) is 6.49. The maximum atomic E-state index is 13.0. The van der Waals surface area contributed by atoms with Gasteiger partial charge in [-0.3, -0.25) is 25.0 Å². The van der Waals surface area contributed by atoms with Crippen LogP contribution in [0.2, 0.25) is 0 Å². The van der Waals surface area contributed by atoms with Crippen molar-refractivity contribution in [2.75, 3.05) is 18.6 Å². The van der Waals surface area contributed by atoms with Crippen LogP contribution in [0, 0.1) is 10.1 Å². The SMILES string of the molecule is CCCOc1cc(OC)ccc1/C=C1\C(=O)NC(=O)N(c2cccc([N+](=O)[O-])c2)C1=O. The fraction of sp³-hybridized carbons (Fsp3) is 0.190. The Labute approximate surface area is 177 Å². The Hall–Kier alpha value is -4.21. The summed E-state index contributed by atoms with van der Waals surface area (Å²) in [6.45, 7) is 2.33. The third-order valence-electron chi connectivity index (χ3n) is 4.38. The molecule has 4 amide bonds. The van der Waals surface area contributed by atoms with E-state index in [1.165, 1.54) is 31.4 Å². The van der Waals surface area contributed by atoms with Crippen LogP contribution >= 0.6 is 0 Å². The minimum Gasteiger partial charge on any atom is -0.497 e. The van der Waals surface area contributed by atoms with E-state index in [2.05, 4.69) is 5.32 Å². The van der Waals surface area contributed by atoms with Crippen LogP contribution in [-0.4, -0.2) is 36.5 Å². The molecule has 1 N–H and O–H groups in total. The summed E-state index contributed by atoms with van der Waals surface area (Å²) in [5.74, 6) is -0.866. The molecule has 160 valence electrons. The van der Waals surface area contributed by atoms with Crippen molar-refractivity contribution in [2.24, 2.45) is 0 Å². The molecule has 0 saturated carbocycles. The number of barbiturate groups is 1. The first kappa shape index (κ1) is 21.5. The Balaban J connectivity index is 2.03. The Morgan fingerprint density at radius 3 is 2.61 bits per heavy atom. The van der Waals surface area contributed by atoms with E-state index in [1.807, 2.05) is 6.92 Å². The van der Waals surface area contributed by atoms with Gasteiger partial charge in [0.05, 0.1) is 24.3 Å². The van der Waals surface area contributed by atoms with Gasteiger partial charge in [-0.25, -0.2) is 9.69 Å².